The molecule has 0 saturated carbocycles. The molecule has 8 nitrogen and oxygen atoms in total. The molecule has 1 aliphatic rings. The third-order valence-corrected chi connectivity index (χ3v) is 9.90. The normalized spacial score (nSPS) is 17.8. The van der Waals surface area contributed by atoms with E-state index in [2.05, 4.69) is 0 Å². The summed E-state index contributed by atoms with van der Waals surface area (Å²) in [7, 11) is -10.4. The predicted molar refractivity (Wildman–Crippen MR) is 137 cm³/mol. The van der Waals surface area contributed by atoms with Gasteiger partial charge in [0.25, 0.3) is 9.84 Å². The van der Waals surface area contributed by atoms with Gasteiger partial charge in [-0.25, -0.2) is 22.0 Å². The third-order valence-electron chi connectivity index (χ3n) is 6.18. The first kappa shape index (κ1) is 30.4. The van der Waals surface area contributed by atoms with E-state index in [-0.39, 0.29) is 30.4 Å². The first-order valence-corrected chi connectivity index (χ1v) is 15.8. The maximum absolute atomic E-state index is 13.5. The Balaban J connectivity index is 1.98. The number of sulfone groups is 1. The van der Waals surface area contributed by atoms with Crippen LogP contribution in [0.25, 0.3) is 0 Å². The number of primary sulfonamides is 1. The number of nitrogens with two attached hydrogens (primary N) is 1. The highest BCUT2D eigenvalue weighted by atomic mass is 32.2. The van der Waals surface area contributed by atoms with Gasteiger partial charge in [0.05, 0.1) is 29.0 Å². The summed E-state index contributed by atoms with van der Waals surface area (Å²) in [6.45, 7) is 3.06. The molecule has 1 aliphatic heterocycles. The Morgan fingerprint density at radius 3 is 2.45 bits per heavy atom. The number of rotatable bonds is 10. The fourth-order valence-electron chi connectivity index (χ4n) is 4.17. The fourth-order valence-corrected chi connectivity index (χ4v) is 6.83. The summed E-state index contributed by atoms with van der Waals surface area (Å²) < 4.78 is 94.4. The molecule has 38 heavy (non-hydrogen) atoms. The standard InChI is InChI=1S/C24H29F3N2O6S3/c1-2-19-15-35-11-10-29(19)23(30)13-17(16-36-20-6-4-3-5-7-20)12-18-8-9-21(38(28,33)34)14-22(18)37(31,32)24(25,26)27/h3-9,14,17,19H,2,10-13,15-16H2,1H3,(H2,28,33,34)/t17-,19-/m1/s1. The van der Waals surface area contributed by atoms with Gasteiger partial charge in [0.15, 0.2) is 0 Å². The van der Waals surface area contributed by atoms with Crippen molar-refractivity contribution in [1.29, 1.82) is 0 Å². The lowest BCUT2D eigenvalue weighted by atomic mass is 9.96. The molecule has 1 saturated heterocycles. The average Bonchev–Trinajstić information content (AvgIpc) is 2.86. The predicted octanol–water partition coefficient (Wildman–Crippen LogP) is 3.61. The molecule has 0 bridgehead atoms. The summed E-state index contributed by atoms with van der Waals surface area (Å²) in [5.74, 6) is -0.463. The van der Waals surface area contributed by atoms with Crippen LogP contribution in [0.15, 0.2) is 63.2 Å². The number of halogens is 3. The minimum atomic E-state index is -5.90. The molecule has 2 aromatic carbocycles. The zero-order valence-corrected chi connectivity index (χ0v) is 23.0. The zero-order valence-electron chi connectivity index (χ0n) is 20.6. The Bertz CT molecular complexity index is 1340. The number of hydrogen-bond donors (Lipinski definition) is 1. The second kappa shape index (κ2) is 12.4. The van der Waals surface area contributed by atoms with Crippen molar-refractivity contribution in [2.45, 2.75) is 52.4 Å². The molecule has 0 aromatic heterocycles. The molecular weight excluding hydrogens is 565 g/mol. The van der Waals surface area contributed by atoms with Crippen LogP contribution >= 0.6 is 11.8 Å². The van der Waals surface area contributed by atoms with Crippen molar-refractivity contribution >= 4 is 37.5 Å². The zero-order chi connectivity index (χ0) is 28.1. The number of carbonyl (C=O) groups excluding carboxylic acids is 1. The number of morpholine rings is 1. The van der Waals surface area contributed by atoms with E-state index in [1.807, 2.05) is 37.3 Å². The van der Waals surface area contributed by atoms with Crippen LogP contribution in [-0.2, 0) is 35.8 Å². The van der Waals surface area contributed by atoms with Crippen LogP contribution < -0.4 is 5.14 Å². The van der Waals surface area contributed by atoms with Crippen LogP contribution in [0.5, 0.6) is 0 Å². The van der Waals surface area contributed by atoms with E-state index in [1.165, 1.54) is 11.8 Å². The van der Waals surface area contributed by atoms with Crippen molar-refractivity contribution in [2.75, 3.05) is 25.5 Å². The van der Waals surface area contributed by atoms with Gasteiger partial charge in [0.1, 0.15) is 0 Å². The van der Waals surface area contributed by atoms with Gasteiger partial charge in [-0.05, 0) is 48.6 Å². The number of hydrogen-bond acceptors (Lipinski definition) is 7. The maximum Gasteiger partial charge on any atom is 0.501 e. The quantitative estimate of drug-likeness (QED) is 0.417. The molecule has 2 N–H and O–H groups in total. The van der Waals surface area contributed by atoms with Gasteiger partial charge in [-0.1, -0.05) is 31.2 Å². The van der Waals surface area contributed by atoms with E-state index in [0.29, 0.717) is 38.0 Å². The highest BCUT2D eigenvalue weighted by Gasteiger charge is 2.48. The molecule has 1 fully saturated rings. The first-order valence-electron chi connectivity index (χ1n) is 11.8. The van der Waals surface area contributed by atoms with Gasteiger partial charge < -0.3 is 9.64 Å². The molecule has 2 atom stereocenters. The largest absolute Gasteiger partial charge is 0.501 e. The van der Waals surface area contributed by atoms with Crippen molar-refractivity contribution in [1.82, 2.24) is 4.90 Å². The van der Waals surface area contributed by atoms with E-state index >= 15 is 0 Å². The summed E-state index contributed by atoms with van der Waals surface area (Å²) in [4.78, 5) is 13.9. The van der Waals surface area contributed by atoms with Crippen molar-refractivity contribution in [2.24, 2.45) is 11.1 Å². The Kier molecular flexibility index (Phi) is 9.90. The molecule has 2 aromatic rings. The molecule has 0 aliphatic carbocycles. The lowest BCUT2D eigenvalue weighted by Crippen LogP contribution is -2.48. The van der Waals surface area contributed by atoms with Crippen LogP contribution in [0.4, 0.5) is 13.2 Å². The third kappa shape index (κ3) is 7.50. The maximum atomic E-state index is 13.5. The second-order valence-electron chi connectivity index (χ2n) is 8.89. The SMILES string of the molecule is CC[C@@H]1COCCN1C(=O)C[C@H](CSc1ccccc1)Cc1ccc(S(N)(=O)=O)cc1S(=O)(=O)C(F)(F)F. The highest BCUT2D eigenvalue weighted by Crippen LogP contribution is 2.35. The number of nitrogens with zero attached hydrogens (tertiary/aromatic N) is 1. The van der Waals surface area contributed by atoms with Crippen LogP contribution in [0.2, 0.25) is 0 Å². The highest BCUT2D eigenvalue weighted by molar-refractivity contribution is 7.99. The Morgan fingerprint density at radius 2 is 1.84 bits per heavy atom. The van der Waals surface area contributed by atoms with Crippen LogP contribution in [0.3, 0.4) is 0 Å². The van der Waals surface area contributed by atoms with E-state index in [0.717, 1.165) is 17.0 Å². The summed E-state index contributed by atoms with van der Waals surface area (Å²) in [6.07, 6.45) is 0.416. The van der Waals surface area contributed by atoms with Crippen LogP contribution in [0.1, 0.15) is 25.3 Å². The van der Waals surface area contributed by atoms with E-state index in [1.54, 1.807) is 4.90 Å². The number of alkyl halides is 3. The van der Waals surface area contributed by atoms with Gasteiger partial charge in [-0.2, -0.15) is 13.2 Å². The number of thioether (sulfide) groups is 1. The lowest BCUT2D eigenvalue weighted by Gasteiger charge is -2.36. The van der Waals surface area contributed by atoms with Crippen molar-refractivity contribution < 1.29 is 39.5 Å². The number of carbonyl (C=O) groups is 1. The fraction of sp³-hybridized carbons (Fsp3) is 0.458. The van der Waals surface area contributed by atoms with Crippen molar-refractivity contribution in [3.63, 3.8) is 0 Å². The summed E-state index contributed by atoms with van der Waals surface area (Å²) >= 11 is 1.39. The van der Waals surface area contributed by atoms with Gasteiger partial charge in [-0.3, -0.25) is 4.79 Å². The van der Waals surface area contributed by atoms with Gasteiger partial charge in [0.2, 0.25) is 15.9 Å². The van der Waals surface area contributed by atoms with Crippen molar-refractivity contribution in [3.05, 3.63) is 54.1 Å². The molecule has 1 heterocycles. The molecule has 3 rings (SSSR count). The van der Waals surface area contributed by atoms with Crippen molar-refractivity contribution in [3.8, 4) is 0 Å². The van der Waals surface area contributed by atoms with Gasteiger partial charge in [-0.15, -0.1) is 11.8 Å². The van der Waals surface area contributed by atoms with Crippen LogP contribution in [-0.4, -0.2) is 64.7 Å². The first-order chi connectivity index (χ1) is 17.7. The summed E-state index contributed by atoms with van der Waals surface area (Å²) in [6, 6.07) is 11.5. The minimum absolute atomic E-state index is 0.0429. The topological polar surface area (TPSA) is 124 Å². The minimum Gasteiger partial charge on any atom is -0.377 e. The van der Waals surface area contributed by atoms with E-state index in [4.69, 9.17) is 9.88 Å². The second-order valence-corrected chi connectivity index (χ2v) is 13.5. The Morgan fingerprint density at radius 1 is 1.16 bits per heavy atom. The molecule has 0 unspecified atom stereocenters. The summed E-state index contributed by atoms with van der Waals surface area (Å²) in [5, 5.41) is 5.05. The van der Waals surface area contributed by atoms with E-state index in [9.17, 15) is 34.8 Å². The van der Waals surface area contributed by atoms with E-state index < -0.39 is 41.1 Å². The number of sulfonamides is 1. The molecule has 14 heteroatoms. The number of ether oxygens (including phenoxy) is 1. The molecule has 210 valence electrons. The molecule has 1 amide bonds. The van der Waals surface area contributed by atoms with Gasteiger partial charge in [0, 0.05) is 23.6 Å². The average molecular weight is 595 g/mol. The van der Waals surface area contributed by atoms with Gasteiger partial charge >= 0.3 is 5.51 Å². The van der Waals surface area contributed by atoms with Crippen LogP contribution in [0, 0.1) is 5.92 Å². The molecule has 0 radical (unpaired) electrons. The summed E-state index contributed by atoms with van der Waals surface area (Å²) in [5.41, 5.74) is -5.90. The monoisotopic (exact) mass is 594 g/mol. The molecule has 0 spiro atoms. The smallest absolute Gasteiger partial charge is 0.377 e. The lowest BCUT2D eigenvalue weighted by molar-refractivity contribution is -0.140. The Hall–Kier alpha value is -2.13. The number of amides is 1. The Labute approximate surface area is 224 Å². The molecular formula is C24H29F3N2O6S3. The number of benzene rings is 2.